The summed E-state index contributed by atoms with van der Waals surface area (Å²) in [6, 6.07) is 1.42. The van der Waals surface area contributed by atoms with Crippen LogP contribution in [-0.2, 0) is 46.3 Å². The maximum Gasteiger partial charge on any atom is 0.312 e. The molecule has 0 aromatic carbocycles. The number of hydrogen-bond acceptors (Lipinski definition) is 11. The first-order valence-corrected chi connectivity index (χ1v) is 14.2. The molecule has 16 heteroatoms. The van der Waals surface area contributed by atoms with Gasteiger partial charge in [-0.15, -0.1) is 10.2 Å². The van der Waals surface area contributed by atoms with E-state index in [9.17, 15) is 24.0 Å². The minimum Gasteiger partial charge on any atom is -0.495 e. The fraction of sp³-hybridized carbons (Fsp3) is 0.414. The molecule has 2 aromatic rings. The molecule has 45 heavy (non-hydrogen) atoms. The van der Waals surface area contributed by atoms with Crippen LogP contribution in [0.25, 0.3) is 0 Å². The molecule has 0 saturated carbocycles. The quantitative estimate of drug-likeness (QED) is 0.0799. The van der Waals surface area contributed by atoms with Gasteiger partial charge in [-0.05, 0) is 17.5 Å². The Labute approximate surface area is 259 Å². The molecule has 2 aromatic heterocycles. The number of carbonyl (C=O) groups is 5. The highest BCUT2D eigenvalue weighted by atomic mass is 16.5. The Morgan fingerprint density at radius 3 is 2.67 bits per heavy atom. The monoisotopic (exact) mass is 623 g/mol. The Hall–Kier alpha value is -5.41. The van der Waals surface area contributed by atoms with E-state index in [1.54, 1.807) is 19.1 Å². The van der Waals surface area contributed by atoms with Crippen molar-refractivity contribution in [2.75, 3.05) is 24.7 Å². The fourth-order valence-corrected chi connectivity index (χ4v) is 4.37. The van der Waals surface area contributed by atoms with Crippen molar-refractivity contribution < 1.29 is 33.4 Å². The second-order valence-corrected chi connectivity index (χ2v) is 10.0. The van der Waals surface area contributed by atoms with Gasteiger partial charge >= 0.3 is 5.97 Å². The molecular formula is C29H37N9O7. The highest BCUT2D eigenvalue weighted by molar-refractivity contribution is 6.05. The summed E-state index contributed by atoms with van der Waals surface area (Å²) in [6.45, 7) is 10.4. The van der Waals surface area contributed by atoms with Crippen molar-refractivity contribution >= 4 is 35.4 Å². The van der Waals surface area contributed by atoms with Gasteiger partial charge in [0, 0.05) is 12.6 Å². The lowest BCUT2D eigenvalue weighted by atomic mass is 9.98. The van der Waals surface area contributed by atoms with Crippen molar-refractivity contribution in [3.8, 4) is 0 Å². The third-order valence-electron chi connectivity index (χ3n) is 6.75. The summed E-state index contributed by atoms with van der Waals surface area (Å²) >= 11 is 0. The van der Waals surface area contributed by atoms with Crippen LogP contribution in [0.5, 0.6) is 0 Å². The van der Waals surface area contributed by atoms with Gasteiger partial charge in [0.25, 0.3) is 0 Å². The number of aromatic amines is 1. The highest BCUT2D eigenvalue weighted by Crippen LogP contribution is 2.30. The Bertz CT molecular complexity index is 1410. The normalized spacial score (nSPS) is 15.2. The molecular weight excluding hydrogens is 586 g/mol. The number of anilines is 1. The van der Waals surface area contributed by atoms with Gasteiger partial charge < -0.3 is 25.4 Å². The maximum absolute atomic E-state index is 13.6. The number of amides is 4. The summed E-state index contributed by atoms with van der Waals surface area (Å²) in [7, 11) is 0. The SMILES string of the molecule is C=CCOC=C(CC(=O)OCC=C)NC(=O)[C@@H]1Cc2cccnc2N1C(=O)CNC(=O)[C@@H](NC(=O)Cc1nn[nH]n1)[C@@H](C)CC. The van der Waals surface area contributed by atoms with E-state index in [1.807, 2.05) is 6.92 Å². The van der Waals surface area contributed by atoms with Crippen LogP contribution in [0.2, 0.25) is 0 Å². The lowest BCUT2D eigenvalue weighted by molar-refractivity contribution is -0.141. The van der Waals surface area contributed by atoms with E-state index < -0.39 is 48.2 Å². The molecule has 3 rings (SSSR count). The number of rotatable bonds is 17. The maximum atomic E-state index is 13.6. The third kappa shape index (κ3) is 9.80. The van der Waals surface area contributed by atoms with Crippen LogP contribution in [0.15, 0.2) is 55.6 Å². The van der Waals surface area contributed by atoms with Gasteiger partial charge in [-0.3, -0.25) is 28.9 Å². The largest absolute Gasteiger partial charge is 0.495 e. The van der Waals surface area contributed by atoms with Crippen LogP contribution < -0.4 is 20.9 Å². The van der Waals surface area contributed by atoms with E-state index in [-0.39, 0.29) is 55.7 Å². The van der Waals surface area contributed by atoms with Gasteiger partial charge in [-0.2, -0.15) is 5.21 Å². The summed E-state index contributed by atoms with van der Waals surface area (Å²) in [5.41, 5.74) is 0.746. The number of fused-ring (bicyclic) bond motifs is 1. The second kappa shape index (κ2) is 17.0. The molecule has 3 atom stereocenters. The Morgan fingerprint density at radius 2 is 1.98 bits per heavy atom. The Morgan fingerprint density at radius 1 is 1.20 bits per heavy atom. The number of pyridine rings is 1. The topological polar surface area (TPSA) is 210 Å². The molecule has 0 fully saturated rings. The lowest BCUT2D eigenvalue weighted by Crippen LogP contribution is -2.54. The first-order valence-electron chi connectivity index (χ1n) is 14.2. The molecule has 0 unspecified atom stereocenters. The van der Waals surface area contributed by atoms with Gasteiger partial charge in [-0.25, -0.2) is 4.98 Å². The fourth-order valence-electron chi connectivity index (χ4n) is 4.37. The van der Waals surface area contributed by atoms with E-state index in [0.29, 0.717) is 12.0 Å². The van der Waals surface area contributed by atoms with Gasteiger partial charge in [-0.1, -0.05) is 56.9 Å². The number of hydrogen-bond donors (Lipinski definition) is 4. The van der Waals surface area contributed by atoms with Crippen molar-refractivity contribution in [2.24, 2.45) is 5.92 Å². The van der Waals surface area contributed by atoms with Gasteiger partial charge in [0.2, 0.25) is 23.6 Å². The van der Waals surface area contributed by atoms with Crippen molar-refractivity contribution in [1.82, 2.24) is 41.6 Å². The van der Waals surface area contributed by atoms with Crippen molar-refractivity contribution in [3.63, 3.8) is 0 Å². The van der Waals surface area contributed by atoms with Crippen LogP contribution in [0.1, 0.15) is 38.1 Å². The first-order chi connectivity index (χ1) is 21.7. The van der Waals surface area contributed by atoms with Crippen molar-refractivity contribution in [3.05, 3.63) is 67.0 Å². The summed E-state index contributed by atoms with van der Waals surface area (Å²) in [5, 5.41) is 21.1. The van der Waals surface area contributed by atoms with E-state index >= 15 is 0 Å². The summed E-state index contributed by atoms with van der Waals surface area (Å²) in [4.78, 5) is 70.6. The number of carbonyl (C=O) groups excluding carboxylic acids is 5. The molecule has 0 aliphatic carbocycles. The average Bonchev–Trinajstić information content (AvgIpc) is 3.69. The van der Waals surface area contributed by atoms with Crippen molar-refractivity contribution in [1.29, 1.82) is 0 Å². The number of nitrogens with zero attached hydrogens (tertiary/aromatic N) is 5. The summed E-state index contributed by atoms with van der Waals surface area (Å²) in [5.74, 6) is -2.76. The van der Waals surface area contributed by atoms with E-state index in [0.717, 1.165) is 0 Å². The smallest absolute Gasteiger partial charge is 0.312 e. The molecule has 16 nitrogen and oxygen atoms in total. The Kier molecular flexibility index (Phi) is 12.9. The highest BCUT2D eigenvalue weighted by Gasteiger charge is 2.40. The summed E-state index contributed by atoms with van der Waals surface area (Å²) < 4.78 is 10.3. The van der Waals surface area contributed by atoms with Crippen LogP contribution in [0.3, 0.4) is 0 Å². The average molecular weight is 624 g/mol. The number of esters is 1. The van der Waals surface area contributed by atoms with Gasteiger partial charge in [0.05, 0.1) is 25.1 Å². The molecule has 1 aliphatic heterocycles. The minimum absolute atomic E-state index is 0.00838. The van der Waals surface area contributed by atoms with Crippen LogP contribution >= 0.6 is 0 Å². The number of H-pyrrole nitrogens is 1. The van der Waals surface area contributed by atoms with E-state index in [2.05, 4.69) is 54.7 Å². The predicted octanol–water partition coefficient (Wildman–Crippen LogP) is 0.0217. The van der Waals surface area contributed by atoms with Gasteiger partial charge in [0.1, 0.15) is 37.4 Å². The molecule has 1 aliphatic rings. The summed E-state index contributed by atoms with van der Waals surface area (Å²) in [6.07, 6.45) is 5.80. The molecule has 0 spiro atoms. The standard InChI is InChI=1S/C29H37N9O7/c1-5-11-44-17-20(14-25(41)45-12-6-2)32-28(42)21-13-19-9-8-10-30-27(19)38(21)24(40)16-31-29(43)26(18(4)7-3)33-23(39)15-22-34-36-37-35-22/h5-6,8-10,17-18,21,26H,1-2,7,11-16H2,3-4H3,(H,31,43)(H,32,42)(H,33,39)(H,34,35,36,37)/t18-,21-,26-/m0/s1. The molecule has 0 saturated heterocycles. The molecule has 240 valence electrons. The third-order valence-corrected chi connectivity index (χ3v) is 6.75. The van der Waals surface area contributed by atoms with Crippen LogP contribution in [0, 0.1) is 5.92 Å². The number of tetrazole rings is 1. The second-order valence-electron chi connectivity index (χ2n) is 10.0. The number of nitrogens with one attached hydrogen (secondary N) is 4. The van der Waals surface area contributed by atoms with E-state index in [1.165, 1.54) is 29.5 Å². The van der Waals surface area contributed by atoms with Crippen LogP contribution in [0.4, 0.5) is 5.82 Å². The molecule has 4 amide bonds. The molecule has 0 radical (unpaired) electrons. The van der Waals surface area contributed by atoms with Gasteiger partial charge in [0.15, 0.2) is 5.82 Å². The zero-order valence-electron chi connectivity index (χ0n) is 25.2. The molecule has 3 heterocycles. The number of aromatic nitrogens is 5. The Balaban J connectivity index is 1.73. The van der Waals surface area contributed by atoms with Crippen molar-refractivity contribution in [2.45, 2.75) is 51.6 Å². The zero-order chi connectivity index (χ0) is 32.8. The molecule has 0 bridgehead atoms. The predicted molar refractivity (Wildman–Crippen MR) is 160 cm³/mol. The minimum atomic E-state index is -1.05. The first kappa shape index (κ1) is 34.1. The lowest BCUT2D eigenvalue weighted by Gasteiger charge is -2.26. The van der Waals surface area contributed by atoms with E-state index in [4.69, 9.17) is 9.47 Å². The van der Waals surface area contributed by atoms with Crippen LogP contribution in [-0.4, -0.2) is 87.0 Å². The zero-order valence-corrected chi connectivity index (χ0v) is 25.2. The molecule has 4 N–H and O–H groups in total. The number of ether oxygens (including phenoxy) is 2.